The molecule has 0 atom stereocenters. The third kappa shape index (κ3) is 6.26. The van der Waals surface area contributed by atoms with Crippen molar-refractivity contribution in [2.24, 2.45) is 0 Å². The molecule has 3 nitrogen and oxygen atoms in total. The molecule has 0 fully saturated rings. The molecule has 1 N–H and O–H groups in total. The average molecular weight is 427 g/mol. The molecular formula is C25H28O3V. The maximum atomic E-state index is 9.59. The zero-order valence-corrected chi connectivity index (χ0v) is 18.8. The normalized spacial score (nSPS) is 11.4. The summed E-state index contributed by atoms with van der Waals surface area (Å²) in [5, 5.41) is 9.59. The van der Waals surface area contributed by atoms with E-state index in [1.165, 1.54) is 0 Å². The average Bonchev–Trinajstić information content (AvgIpc) is 2.76. The molecule has 4 rings (SSSR count). The van der Waals surface area contributed by atoms with Crippen LogP contribution in [0.1, 0.15) is 30.5 Å². The fourth-order valence-electron chi connectivity index (χ4n) is 3.01. The molecule has 0 spiro atoms. The van der Waals surface area contributed by atoms with Crippen LogP contribution >= 0.6 is 0 Å². The molecule has 1 aliphatic heterocycles. The maximum absolute atomic E-state index is 9.59. The first kappa shape index (κ1) is 24.6. The number of benzene rings is 3. The molecule has 3 aromatic rings. The summed E-state index contributed by atoms with van der Waals surface area (Å²) < 4.78 is 10.2. The molecule has 1 aliphatic rings. The van der Waals surface area contributed by atoms with Gasteiger partial charge >= 0.3 is 0 Å². The topological polar surface area (TPSA) is 38.7 Å². The largest absolute Gasteiger partial charge is 0.508 e. The van der Waals surface area contributed by atoms with Gasteiger partial charge in [-0.25, -0.2) is 0 Å². The molecule has 0 saturated carbocycles. The zero-order chi connectivity index (χ0) is 20.4. The van der Waals surface area contributed by atoms with Crippen LogP contribution < -0.4 is 4.74 Å². The van der Waals surface area contributed by atoms with E-state index in [9.17, 15) is 5.11 Å². The van der Waals surface area contributed by atoms with Gasteiger partial charge in [-0.05, 0) is 34.9 Å². The van der Waals surface area contributed by atoms with Gasteiger partial charge in [-0.1, -0.05) is 74.5 Å². The summed E-state index contributed by atoms with van der Waals surface area (Å²) >= 11 is 0. The molecule has 0 amide bonds. The molecule has 0 aromatic heterocycles. The van der Waals surface area contributed by atoms with Crippen molar-refractivity contribution in [1.82, 2.24) is 0 Å². The second kappa shape index (κ2) is 12.9. The van der Waals surface area contributed by atoms with Gasteiger partial charge in [0.05, 0.1) is 0 Å². The molecule has 1 radical (unpaired) electrons. The molecule has 0 aliphatic carbocycles. The molecule has 29 heavy (non-hydrogen) atoms. The van der Waals surface area contributed by atoms with E-state index in [-0.39, 0.29) is 24.3 Å². The van der Waals surface area contributed by atoms with Crippen LogP contribution in [0.3, 0.4) is 0 Å². The molecular weight excluding hydrogens is 399 g/mol. The minimum absolute atomic E-state index is 0. The number of methoxy groups -OCH3 is 1. The number of ether oxygens (including phenoxy) is 2. The first-order valence-electron chi connectivity index (χ1n) is 9.45. The number of para-hydroxylation sites is 1. The van der Waals surface area contributed by atoms with Crippen molar-refractivity contribution >= 4 is 11.1 Å². The first-order chi connectivity index (χ1) is 13.7. The van der Waals surface area contributed by atoms with Crippen LogP contribution in [0.15, 0.2) is 78.9 Å². The van der Waals surface area contributed by atoms with E-state index < -0.39 is 0 Å². The molecule has 0 unspecified atom stereocenters. The smallest absolute Gasteiger partial charge is 0.127 e. The van der Waals surface area contributed by atoms with E-state index in [1.54, 1.807) is 26.4 Å². The summed E-state index contributed by atoms with van der Waals surface area (Å²) in [6.07, 6.45) is 0. The molecule has 0 saturated heterocycles. The van der Waals surface area contributed by atoms with Crippen LogP contribution in [0.2, 0.25) is 0 Å². The predicted octanol–water partition coefficient (Wildman–Crippen LogP) is 6.03. The SMILES string of the molecule is CC.COC.Oc1ccc(C2=C(c3ccccc3)COc3ccccc32)cc1.[V]. The van der Waals surface area contributed by atoms with Gasteiger partial charge in [0.15, 0.2) is 0 Å². The summed E-state index contributed by atoms with van der Waals surface area (Å²) in [6.45, 7) is 4.54. The van der Waals surface area contributed by atoms with E-state index in [4.69, 9.17) is 4.74 Å². The van der Waals surface area contributed by atoms with Gasteiger partial charge in [-0.15, -0.1) is 0 Å². The molecule has 1 heterocycles. The van der Waals surface area contributed by atoms with E-state index >= 15 is 0 Å². The molecule has 4 heteroatoms. The zero-order valence-electron chi connectivity index (χ0n) is 17.4. The van der Waals surface area contributed by atoms with Crippen molar-refractivity contribution in [3.8, 4) is 11.5 Å². The summed E-state index contributed by atoms with van der Waals surface area (Å²) in [5.41, 5.74) is 5.65. The predicted molar refractivity (Wildman–Crippen MR) is 117 cm³/mol. The number of phenolic OH excluding ortho intramolecular Hbond substituents is 1. The Bertz CT molecular complexity index is 887. The Morgan fingerprint density at radius 2 is 1.31 bits per heavy atom. The summed E-state index contributed by atoms with van der Waals surface area (Å²) in [6, 6.07) is 25.8. The Kier molecular flexibility index (Phi) is 10.9. The van der Waals surface area contributed by atoms with Crippen LogP contribution in [0.5, 0.6) is 11.5 Å². The number of aromatic hydroxyl groups is 1. The molecule has 0 bridgehead atoms. The van der Waals surface area contributed by atoms with Crippen LogP contribution in [-0.2, 0) is 23.3 Å². The minimum atomic E-state index is 0. The van der Waals surface area contributed by atoms with Crippen LogP contribution in [0, 0.1) is 0 Å². The van der Waals surface area contributed by atoms with Crippen molar-refractivity contribution < 1.29 is 33.1 Å². The van der Waals surface area contributed by atoms with Gasteiger partial charge in [0.2, 0.25) is 0 Å². The Morgan fingerprint density at radius 1 is 0.759 bits per heavy atom. The number of rotatable bonds is 2. The first-order valence-corrected chi connectivity index (χ1v) is 9.45. The van der Waals surface area contributed by atoms with Gasteiger partial charge < -0.3 is 14.6 Å². The van der Waals surface area contributed by atoms with E-state index in [0.717, 1.165) is 33.6 Å². The fourth-order valence-corrected chi connectivity index (χ4v) is 3.01. The van der Waals surface area contributed by atoms with Gasteiger partial charge in [-0.3, -0.25) is 0 Å². The second-order valence-electron chi connectivity index (χ2n) is 5.96. The Hall–Kier alpha value is -2.46. The summed E-state index contributed by atoms with van der Waals surface area (Å²) in [5.74, 6) is 1.17. The number of fused-ring (bicyclic) bond motifs is 1. The number of phenols is 1. The van der Waals surface area contributed by atoms with Crippen molar-refractivity contribution in [3.05, 3.63) is 95.6 Å². The Morgan fingerprint density at radius 3 is 1.93 bits per heavy atom. The van der Waals surface area contributed by atoms with Gasteiger partial charge in [0.1, 0.15) is 18.1 Å². The standard InChI is InChI=1S/C21H16O2.C2H6O.C2H6.V/c22-17-12-10-16(11-13-17)21-18-8-4-5-9-20(18)23-14-19(21)15-6-2-1-3-7-15;1-3-2;1-2;/h1-13,22H,14H2;1-2H3;1-2H3;. The van der Waals surface area contributed by atoms with Crippen molar-refractivity contribution in [3.63, 3.8) is 0 Å². The molecule has 3 aromatic carbocycles. The van der Waals surface area contributed by atoms with Gasteiger partial charge in [0, 0.05) is 43.9 Å². The quantitative estimate of drug-likeness (QED) is 0.543. The van der Waals surface area contributed by atoms with Crippen LogP contribution in [0.25, 0.3) is 11.1 Å². The van der Waals surface area contributed by atoms with E-state index in [2.05, 4.69) is 22.9 Å². The number of hydrogen-bond acceptors (Lipinski definition) is 3. The minimum Gasteiger partial charge on any atom is -0.508 e. The van der Waals surface area contributed by atoms with Crippen LogP contribution in [-0.4, -0.2) is 25.9 Å². The summed E-state index contributed by atoms with van der Waals surface area (Å²) in [4.78, 5) is 0. The van der Waals surface area contributed by atoms with E-state index in [1.807, 2.05) is 62.4 Å². The third-order valence-corrected chi connectivity index (χ3v) is 4.11. The third-order valence-electron chi connectivity index (χ3n) is 4.11. The van der Waals surface area contributed by atoms with Gasteiger partial charge in [0.25, 0.3) is 0 Å². The second-order valence-corrected chi connectivity index (χ2v) is 5.96. The van der Waals surface area contributed by atoms with Gasteiger partial charge in [-0.2, -0.15) is 0 Å². The Labute approximate surface area is 185 Å². The fraction of sp³-hybridized carbons (Fsp3) is 0.200. The van der Waals surface area contributed by atoms with E-state index in [0.29, 0.717) is 6.61 Å². The molecule has 151 valence electrons. The van der Waals surface area contributed by atoms with Crippen LogP contribution in [0.4, 0.5) is 0 Å². The maximum Gasteiger partial charge on any atom is 0.127 e. The van der Waals surface area contributed by atoms with Crippen molar-refractivity contribution in [2.75, 3.05) is 20.8 Å². The number of hydrogen-bond donors (Lipinski definition) is 1. The van der Waals surface area contributed by atoms with Crippen molar-refractivity contribution in [2.45, 2.75) is 13.8 Å². The summed E-state index contributed by atoms with van der Waals surface area (Å²) in [7, 11) is 3.25. The van der Waals surface area contributed by atoms with Crippen molar-refractivity contribution in [1.29, 1.82) is 0 Å². The monoisotopic (exact) mass is 427 g/mol. The Balaban J connectivity index is 0.000000645.